The molecule has 0 radical (unpaired) electrons. The summed E-state index contributed by atoms with van der Waals surface area (Å²) in [5.41, 5.74) is 2.18. The molecule has 18 heavy (non-hydrogen) atoms. The van der Waals surface area contributed by atoms with Gasteiger partial charge in [0.05, 0.1) is 11.8 Å². The molecule has 0 aliphatic heterocycles. The molecule has 0 aromatic heterocycles. The molecule has 0 N–H and O–H groups in total. The molecule has 0 bridgehead atoms. The summed E-state index contributed by atoms with van der Waals surface area (Å²) in [6.45, 7) is 2.63. The van der Waals surface area contributed by atoms with Crippen molar-refractivity contribution in [1.82, 2.24) is 0 Å². The highest BCUT2D eigenvalue weighted by atomic mass is 16.6. The lowest BCUT2D eigenvalue weighted by atomic mass is 10.1. The first kappa shape index (κ1) is 14.2. The lowest BCUT2D eigenvalue weighted by molar-refractivity contribution is 0.129. The molecule has 1 aromatic carbocycles. The second-order valence-corrected chi connectivity index (χ2v) is 4.18. The molecule has 0 unspecified atom stereocenters. The van der Waals surface area contributed by atoms with Crippen LogP contribution < -0.4 is 0 Å². The maximum absolute atomic E-state index is 8.51. The monoisotopic (exact) mass is 244 g/mol. The van der Waals surface area contributed by atoms with Crippen molar-refractivity contribution in [3.8, 4) is 6.07 Å². The van der Waals surface area contributed by atoms with Crippen LogP contribution in [-0.2, 0) is 11.4 Å². The van der Waals surface area contributed by atoms with Gasteiger partial charge in [0.25, 0.3) is 0 Å². The van der Waals surface area contributed by atoms with Crippen LogP contribution in [0.5, 0.6) is 0 Å². The van der Waals surface area contributed by atoms with Gasteiger partial charge in [-0.3, -0.25) is 0 Å². The second kappa shape index (κ2) is 9.23. The molecular formula is C15H20N2O. The average Bonchev–Trinajstić information content (AvgIpc) is 2.40. The molecule has 0 aliphatic carbocycles. The van der Waals surface area contributed by atoms with Crippen molar-refractivity contribution in [2.45, 2.75) is 45.6 Å². The van der Waals surface area contributed by atoms with E-state index in [9.17, 15) is 0 Å². The van der Waals surface area contributed by atoms with Crippen molar-refractivity contribution in [1.29, 1.82) is 5.26 Å². The van der Waals surface area contributed by atoms with Gasteiger partial charge in [0.1, 0.15) is 6.61 Å². The smallest absolute Gasteiger partial charge is 0.142 e. The van der Waals surface area contributed by atoms with Crippen LogP contribution in [-0.4, -0.2) is 5.71 Å². The van der Waals surface area contributed by atoms with Crippen LogP contribution in [0.4, 0.5) is 0 Å². The Bertz CT molecular complexity index is 393. The average molecular weight is 244 g/mol. The molecule has 0 saturated heterocycles. The molecule has 0 spiro atoms. The van der Waals surface area contributed by atoms with Crippen molar-refractivity contribution in [3.63, 3.8) is 0 Å². The topological polar surface area (TPSA) is 45.4 Å². The zero-order valence-electron chi connectivity index (χ0n) is 10.9. The molecule has 3 nitrogen and oxygen atoms in total. The SMILES string of the molecule is CCCC(CCCC#N)=NOCc1ccccc1. The summed E-state index contributed by atoms with van der Waals surface area (Å²) >= 11 is 0. The van der Waals surface area contributed by atoms with Crippen molar-refractivity contribution in [2.75, 3.05) is 0 Å². The molecule has 0 saturated carbocycles. The van der Waals surface area contributed by atoms with Crippen molar-refractivity contribution in [3.05, 3.63) is 35.9 Å². The van der Waals surface area contributed by atoms with Gasteiger partial charge in [0.15, 0.2) is 0 Å². The number of hydrogen-bond acceptors (Lipinski definition) is 3. The molecule has 3 heteroatoms. The van der Waals surface area contributed by atoms with E-state index in [0.29, 0.717) is 13.0 Å². The molecule has 96 valence electrons. The number of nitrogens with zero attached hydrogens (tertiary/aromatic N) is 2. The zero-order chi connectivity index (χ0) is 13.1. The van der Waals surface area contributed by atoms with E-state index in [4.69, 9.17) is 10.1 Å². The fourth-order valence-corrected chi connectivity index (χ4v) is 1.65. The van der Waals surface area contributed by atoms with Crippen LogP contribution in [0.3, 0.4) is 0 Å². The maximum atomic E-state index is 8.51. The summed E-state index contributed by atoms with van der Waals surface area (Å²) in [5.74, 6) is 0. The summed E-state index contributed by atoms with van der Waals surface area (Å²) < 4.78 is 0. The highest BCUT2D eigenvalue weighted by Gasteiger charge is 2.00. The summed E-state index contributed by atoms with van der Waals surface area (Å²) in [6, 6.07) is 12.1. The number of benzene rings is 1. The Hall–Kier alpha value is -1.82. The highest BCUT2D eigenvalue weighted by Crippen LogP contribution is 2.06. The van der Waals surface area contributed by atoms with Gasteiger partial charge < -0.3 is 4.84 Å². The Kier molecular flexibility index (Phi) is 7.31. The fraction of sp³-hybridized carbons (Fsp3) is 0.467. The molecule has 0 atom stereocenters. The Morgan fingerprint density at radius 1 is 1.28 bits per heavy atom. The van der Waals surface area contributed by atoms with Crippen LogP contribution >= 0.6 is 0 Å². The molecule has 0 heterocycles. The second-order valence-electron chi connectivity index (χ2n) is 4.18. The summed E-state index contributed by atoms with van der Waals surface area (Å²) in [4.78, 5) is 5.37. The maximum Gasteiger partial charge on any atom is 0.142 e. The first-order valence-corrected chi connectivity index (χ1v) is 6.45. The van der Waals surface area contributed by atoms with Gasteiger partial charge in [0.2, 0.25) is 0 Å². The first-order chi connectivity index (χ1) is 8.86. The normalized spacial score (nSPS) is 11.0. The zero-order valence-corrected chi connectivity index (χ0v) is 10.9. The summed E-state index contributed by atoms with van der Waals surface area (Å²) in [5, 5.41) is 12.7. The van der Waals surface area contributed by atoms with E-state index in [1.165, 1.54) is 0 Å². The van der Waals surface area contributed by atoms with E-state index < -0.39 is 0 Å². The molecule has 0 aliphatic rings. The molecule has 0 amide bonds. The molecule has 1 aromatic rings. The van der Waals surface area contributed by atoms with Crippen LogP contribution in [0.1, 0.15) is 44.6 Å². The highest BCUT2D eigenvalue weighted by molar-refractivity contribution is 5.83. The standard InChI is InChI=1S/C15H20N2O/c1-2-8-15(11-6-7-12-16)17-18-13-14-9-4-3-5-10-14/h3-5,9-10H,2,6-8,11,13H2,1H3. The van der Waals surface area contributed by atoms with E-state index >= 15 is 0 Å². The fourth-order valence-electron chi connectivity index (χ4n) is 1.65. The summed E-state index contributed by atoms with van der Waals surface area (Å²) in [7, 11) is 0. The van der Waals surface area contributed by atoms with Crippen molar-refractivity contribution >= 4 is 5.71 Å². The predicted octanol–water partition coefficient (Wildman–Crippen LogP) is 4.05. The van der Waals surface area contributed by atoms with Gasteiger partial charge in [-0.15, -0.1) is 0 Å². The number of rotatable bonds is 8. The largest absolute Gasteiger partial charge is 0.391 e. The van der Waals surface area contributed by atoms with E-state index in [2.05, 4.69) is 18.1 Å². The first-order valence-electron chi connectivity index (χ1n) is 6.45. The third kappa shape index (κ3) is 6.05. The Morgan fingerprint density at radius 2 is 2.06 bits per heavy atom. The quantitative estimate of drug-likeness (QED) is 0.393. The molecule has 1 rings (SSSR count). The van der Waals surface area contributed by atoms with E-state index in [-0.39, 0.29) is 0 Å². The third-order valence-corrected chi connectivity index (χ3v) is 2.56. The lowest BCUT2D eigenvalue weighted by Crippen LogP contribution is -2.00. The number of unbranched alkanes of at least 4 members (excludes halogenated alkanes) is 1. The predicted molar refractivity (Wildman–Crippen MR) is 73.0 cm³/mol. The van der Waals surface area contributed by atoms with Gasteiger partial charge in [-0.25, -0.2) is 0 Å². The lowest BCUT2D eigenvalue weighted by Gasteiger charge is -2.04. The van der Waals surface area contributed by atoms with Gasteiger partial charge in [-0.1, -0.05) is 48.8 Å². The van der Waals surface area contributed by atoms with Crippen molar-refractivity contribution in [2.24, 2.45) is 5.16 Å². The van der Waals surface area contributed by atoms with E-state index in [1.54, 1.807) is 0 Å². The summed E-state index contributed by atoms with van der Waals surface area (Å²) in [6.07, 6.45) is 4.31. The number of hydrogen-bond donors (Lipinski definition) is 0. The number of oxime groups is 1. The van der Waals surface area contributed by atoms with E-state index in [0.717, 1.165) is 37.0 Å². The van der Waals surface area contributed by atoms with Crippen LogP contribution in [0.25, 0.3) is 0 Å². The van der Waals surface area contributed by atoms with Gasteiger partial charge in [-0.05, 0) is 24.8 Å². The van der Waals surface area contributed by atoms with Crippen LogP contribution in [0.2, 0.25) is 0 Å². The van der Waals surface area contributed by atoms with Gasteiger partial charge >= 0.3 is 0 Å². The minimum Gasteiger partial charge on any atom is -0.391 e. The molecular weight excluding hydrogens is 224 g/mol. The van der Waals surface area contributed by atoms with Gasteiger partial charge in [-0.2, -0.15) is 5.26 Å². The third-order valence-electron chi connectivity index (χ3n) is 2.56. The Morgan fingerprint density at radius 3 is 2.72 bits per heavy atom. The minimum absolute atomic E-state index is 0.506. The van der Waals surface area contributed by atoms with Gasteiger partial charge in [0, 0.05) is 6.42 Å². The van der Waals surface area contributed by atoms with Crippen molar-refractivity contribution < 1.29 is 4.84 Å². The Labute approximate surface area is 109 Å². The van der Waals surface area contributed by atoms with Crippen LogP contribution in [0, 0.1) is 11.3 Å². The molecule has 0 fully saturated rings. The number of nitriles is 1. The Balaban J connectivity index is 2.37. The van der Waals surface area contributed by atoms with Crippen LogP contribution in [0.15, 0.2) is 35.5 Å². The minimum atomic E-state index is 0.506. The van der Waals surface area contributed by atoms with E-state index in [1.807, 2.05) is 30.3 Å².